The normalized spacial score (nSPS) is 15.7. The number of ether oxygens (including phenoxy) is 2. The highest BCUT2D eigenvalue weighted by Gasteiger charge is 2.31. The van der Waals surface area contributed by atoms with Gasteiger partial charge in [-0.25, -0.2) is 18.6 Å². The number of aromatic nitrogens is 5. The summed E-state index contributed by atoms with van der Waals surface area (Å²) >= 11 is 0. The summed E-state index contributed by atoms with van der Waals surface area (Å²) in [5, 5.41) is 0. The van der Waals surface area contributed by atoms with Crippen LogP contribution in [0.25, 0.3) is 22.6 Å². The number of benzene rings is 1. The van der Waals surface area contributed by atoms with E-state index in [2.05, 4.69) is 19.9 Å². The number of pyridine rings is 1. The number of halogens is 2. The molecule has 1 saturated heterocycles. The number of likely N-dealkylation sites (tertiary alicyclic amines) is 1. The summed E-state index contributed by atoms with van der Waals surface area (Å²) in [5.74, 6) is -0.524. The first-order valence-electron chi connectivity index (χ1n) is 12.7. The molecule has 0 saturated carbocycles. The number of hydrogen-bond donors (Lipinski definition) is 0. The molecule has 0 bridgehead atoms. The minimum absolute atomic E-state index is 0.00345. The Kier molecular flexibility index (Phi) is 6.92. The number of carbonyl (C=O) groups excluding carboxylic acids is 1. The molecule has 1 amide bonds. The number of methoxy groups -OCH3 is 1. The summed E-state index contributed by atoms with van der Waals surface area (Å²) in [4.78, 5) is 31.5. The van der Waals surface area contributed by atoms with Crippen LogP contribution in [0.4, 0.5) is 13.6 Å². The molecule has 1 aromatic carbocycles. The Morgan fingerprint density at radius 3 is 2.62 bits per heavy atom. The van der Waals surface area contributed by atoms with Crippen LogP contribution in [0.5, 0.6) is 6.01 Å². The van der Waals surface area contributed by atoms with Crippen molar-refractivity contribution in [3.8, 4) is 17.4 Å². The van der Waals surface area contributed by atoms with Gasteiger partial charge in [-0.1, -0.05) is 12.1 Å². The van der Waals surface area contributed by atoms with Gasteiger partial charge in [0, 0.05) is 36.3 Å². The highest BCUT2D eigenvalue weighted by Crippen LogP contribution is 2.31. The minimum atomic E-state index is -0.575. The van der Waals surface area contributed by atoms with E-state index in [0.717, 1.165) is 18.2 Å². The highest BCUT2D eigenvalue weighted by molar-refractivity contribution is 5.79. The highest BCUT2D eigenvalue weighted by atomic mass is 19.1. The summed E-state index contributed by atoms with van der Waals surface area (Å²) in [6, 6.07) is 6.59. The minimum Gasteiger partial charge on any atom is -0.467 e. The monoisotopic (exact) mass is 536 g/mol. The van der Waals surface area contributed by atoms with Gasteiger partial charge in [0.15, 0.2) is 5.65 Å². The lowest BCUT2D eigenvalue weighted by Crippen LogP contribution is -2.35. The third kappa shape index (κ3) is 5.52. The molecule has 1 aliphatic rings. The van der Waals surface area contributed by atoms with Gasteiger partial charge in [0.1, 0.15) is 28.6 Å². The van der Waals surface area contributed by atoms with Crippen LogP contribution in [-0.4, -0.2) is 61.3 Å². The number of carbonyl (C=O) groups is 1. The summed E-state index contributed by atoms with van der Waals surface area (Å²) in [5.41, 5.74) is 2.58. The lowest BCUT2D eigenvalue weighted by Gasteiger charge is -2.24. The predicted octanol–water partition coefficient (Wildman–Crippen LogP) is 5.26. The van der Waals surface area contributed by atoms with Crippen LogP contribution in [0.15, 0.2) is 36.7 Å². The molecule has 3 aromatic heterocycles. The molecule has 4 aromatic rings. The average molecular weight is 537 g/mol. The summed E-state index contributed by atoms with van der Waals surface area (Å²) < 4.78 is 42.0. The molecule has 1 unspecified atom stereocenters. The lowest BCUT2D eigenvalue weighted by molar-refractivity contribution is 0.0292. The van der Waals surface area contributed by atoms with Crippen LogP contribution in [0.3, 0.4) is 0 Å². The first-order valence-corrected chi connectivity index (χ1v) is 12.7. The molecule has 4 heterocycles. The average Bonchev–Trinajstić information content (AvgIpc) is 3.50. The van der Waals surface area contributed by atoms with E-state index in [1.165, 1.54) is 25.4 Å². The molecule has 39 heavy (non-hydrogen) atoms. The van der Waals surface area contributed by atoms with Crippen molar-refractivity contribution in [2.45, 2.75) is 52.2 Å². The molecule has 5 rings (SSSR count). The van der Waals surface area contributed by atoms with Gasteiger partial charge < -0.3 is 18.9 Å². The van der Waals surface area contributed by atoms with E-state index < -0.39 is 17.2 Å². The van der Waals surface area contributed by atoms with Crippen molar-refractivity contribution in [2.24, 2.45) is 0 Å². The fourth-order valence-corrected chi connectivity index (χ4v) is 4.75. The number of aryl methyl sites for hydroxylation is 1. The Balaban J connectivity index is 1.46. The molecule has 9 nitrogen and oxygen atoms in total. The van der Waals surface area contributed by atoms with Crippen LogP contribution < -0.4 is 4.74 Å². The van der Waals surface area contributed by atoms with Gasteiger partial charge in [-0.15, -0.1) is 0 Å². The van der Waals surface area contributed by atoms with E-state index in [0.29, 0.717) is 46.9 Å². The second-order valence-corrected chi connectivity index (χ2v) is 10.6. The second kappa shape index (κ2) is 10.2. The third-order valence-corrected chi connectivity index (χ3v) is 6.61. The lowest BCUT2D eigenvalue weighted by atomic mass is 9.97. The number of hydrogen-bond acceptors (Lipinski definition) is 7. The molecule has 0 radical (unpaired) electrons. The number of rotatable bonds is 5. The molecule has 1 aliphatic heterocycles. The fraction of sp³-hybridized carbons (Fsp3) is 0.393. The van der Waals surface area contributed by atoms with Crippen molar-refractivity contribution < 1.29 is 23.0 Å². The molecule has 1 fully saturated rings. The maximum atomic E-state index is 15.5. The van der Waals surface area contributed by atoms with Gasteiger partial charge >= 0.3 is 12.1 Å². The molecule has 11 heteroatoms. The topological polar surface area (TPSA) is 95.3 Å². The standard InChI is InChI=1S/C28H30F2N6O3/c1-16-23-25(34-26(32-16)38-5)36(24(33-23)20-10-21(29)13-31-12-20)15-19-7-6-17(11-22(19)30)18-8-9-35(14-18)27(37)39-28(2,3)4/h6-7,10-13,18H,8-9,14-15H2,1-5H3. The van der Waals surface area contributed by atoms with Gasteiger partial charge in [0.25, 0.3) is 0 Å². The van der Waals surface area contributed by atoms with Gasteiger partial charge in [0.05, 0.1) is 25.5 Å². The van der Waals surface area contributed by atoms with Crippen molar-refractivity contribution in [1.82, 2.24) is 29.4 Å². The predicted molar refractivity (Wildman–Crippen MR) is 140 cm³/mol. The molecular formula is C28H30F2N6O3. The fourth-order valence-electron chi connectivity index (χ4n) is 4.75. The van der Waals surface area contributed by atoms with Gasteiger partial charge in [0.2, 0.25) is 0 Å². The Labute approximate surface area is 224 Å². The smallest absolute Gasteiger partial charge is 0.410 e. The van der Waals surface area contributed by atoms with Gasteiger partial charge in [-0.05, 0) is 51.8 Å². The Hall–Kier alpha value is -4.15. The van der Waals surface area contributed by atoms with Crippen molar-refractivity contribution >= 4 is 17.3 Å². The van der Waals surface area contributed by atoms with Crippen LogP contribution in [0.1, 0.15) is 49.9 Å². The van der Waals surface area contributed by atoms with E-state index in [9.17, 15) is 9.18 Å². The maximum Gasteiger partial charge on any atom is 0.410 e. The largest absolute Gasteiger partial charge is 0.467 e. The number of nitrogens with zero attached hydrogens (tertiary/aromatic N) is 6. The number of imidazole rings is 1. The van der Waals surface area contributed by atoms with Gasteiger partial charge in [-0.3, -0.25) is 4.98 Å². The zero-order chi connectivity index (χ0) is 27.9. The second-order valence-electron chi connectivity index (χ2n) is 10.6. The summed E-state index contributed by atoms with van der Waals surface area (Å²) in [6.45, 7) is 8.36. The molecule has 204 valence electrons. The van der Waals surface area contributed by atoms with E-state index >= 15 is 4.39 Å². The third-order valence-electron chi connectivity index (χ3n) is 6.61. The molecule has 0 N–H and O–H groups in total. The quantitative estimate of drug-likeness (QED) is 0.344. The van der Waals surface area contributed by atoms with Crippen LogP contribution >= 0.6 is 0 Å². The molecule has 0 aliphatic carbocycles. The van der Waals surface area contributed by atoms with E-state index in [1.807, 2.05) is 26.8 Å². The van der Waals surface area contributed by atoms with Crippen molar-refractivity contribution in [2.75, 3.05) is 20.2 Å². The van der Waals surface area contributed by atoms with E-state index in [4.69, 9.17) is 9.47 Å². The first kappa shape index (κ1) is 26.5. The Morgan fingerprint density at radius 2 is 1.92 bits per heavy atom. The number of amides is 1. The molecule has 1 atom stereocenters. The van der Waals surface area contributed by atoms with Crippen molar-refractivity contribution in [3.05, 3.63) is 65.1 Å². The van der Waals surface area contributed by atoms with Crippen LogP contribution in [0.2, 0.25) is 0 Å². The van der Waals surface area contributed by atoms with E-state index in [-0.39, 0.29) is 24.6 Å². The van der Waals surface area contributed by atoms with Crippen molar-refractivity contribution in [3.63, 3.8) is 0 Å². The van der Waals surface area contributed by atoms with Crippen molar-refractivity contribution in [1.29, 1.82) is 0 Å². The SMILES string of the molecule is COc1nc(C)c2nc(-c3cncc(F)c3)n(Cc3ccc(C4CCN(C(=O)OC(C)(C)C)C4)cc3F)c2n1. The van der Waals surface area contributed by atoms with Gasteiger partial charge in [-0.2, -0.15) is 9.97 Å². The zero-order valence-electron chi connectivity index (χ0n) is 22.5. The zero-order valence-corrected chi connectivity index (χ0v) is 22.5. The summed E-state index contributed by atoms with van der Waals surface area (Å²) in [6.07, 6.45) is 2.96. The van der Waals surface area contributed by atoms with Crippen LogP contribution in [-0.2, 0) is 11.3 Å². The Morgan fingerprint density at radius 1 is 1.13 bits per heavy atom. The molecule has 0 spiro atoms. The molecular weight excluding hydrogens is 506 g/mol. The number of fused-ring (bicyclic) bond motifs is 1. The maximum absolute atomic E-state index is 15.5. The summed E-state index contributed by atoms with van der Waals surface area (Å²) in [7, 11) is 1.46. The van der Waals surface area contributed by atoms with E-state index in [1.54, 1.807) is 22.5 Å². The first-order chi connectivity index (χ1) is 18.5. The van der Waals surface area contributed by atoms with Crippen LogP contribution in [0, 0.1) is 18.6 Å². The Bertz CT molecular complexity index is 1550.